The SMILES string of the molecule is CCCC(C)(NC(=O)C(CC)c1ccccc1)C(=O)OC. The van der Waals surface area contributed by atoms with Crippen molar-refractivity contribution in [1.29, 1.82) is 0 Å². The summed E-state index contributed by atoms with van der Waals surface area (Å²) in [6.45, 7) is 5.66. The third-order valence-corrected chi connectivity index (χ3v) is 3.71. The Balaban J connectivity index is 2.92. The maximum Gasteiger partial charge on any atom is 0.331 e. The molecule has 0 radical (unpaired) electrons. The van der Waals surface area contributed by atoms with E-state index in [0.29, 0.717) is 12.8 Å². The number of hydrogen-bond acceptors (Lipinski definition) is 3. The fourth-order valence-electron chi connectivity index (χ4n) is 2.56. The van der Waals surface area contributed by atoms with Crippen LogP contribution in [0, 0.1) is 0 Å². The number of ether oxygens (including phenoxy) is 1. The Kier molecular flexibility index (Phi) is 6.40. The highest BCUT2D eigenvalue weighted by atomic mass is 16.5. The molecule has 1 rings (SSSR count). The van der Waals surface area contributed by atoms with Crippen molar-refractivity contribution in [1.82, 2.24) is 5.32 Å². The molecule has 4 heteroatoms. The molecule has 2 unspecified atom stereocenters. The summed E-state index contributed by atoms with van der Waals surface area (Å²) in [7, 11) is 1.34. The lowest BCUT2D eigenvalue weighted by Crippen LogP contribution is -2.53. The highest BCUT2D eigenvalue weighted by molar-refractivity contribution is 5.90. The van der Waals surface area contributed by atoms with Gasteiger partial charge in [0, 0.05) is 0 Å². The van der Waals surface area contributed by atoms with E-state index in [4.69, 9.17) is 4.74 Å². The van der Waals surface area contributed by atoms with Crippen molar-refractivity contribution < 1.29 is 14.3 Å². The molecule has 1 N–H and O–H groups in total. The molecule has 0 aromatic heterocycles. The molecule has 2 atom stereocenters. The smallest absolute Gasteiger partial charge is 0.331 e. The summed E-state index contributed by atoms with van der Waals surface area (Å²) in [5.74, 6) is -0.794. The van der Waals surface area contributed by atoms with Gasteiger partial charge in [-0.25, -0.2) is 4.79 Å². The first-order valence-electron chi connectivity index (χ1n) is 7.43. The number of carbonyl (C=O) groups excluding carboxylic acids is 2. The van der Waals surface area contributed by atoms with E-state index in [1.54, 1.807) is 6.92 Å². The second-order valence-electron chi connectivity index (χ2n) is 5.43. The van der Waals surface area contributed by atoms with E-state index in [-0.39, 0.29) is 11.8 Å². The van der Waals surface area contributed by atoms with Crippen molar-refractivity contribution >= 4 is 11.9 Å². The van der Waals surface area contributed by atoms with Crippen LogP contribution in [-0.4, -0.2) is 24.5 Å². The van der Waals surface area contributed by atoms with Gasteiger partial charge < -0.3 is 10.1 Å². The minimum atomic E-state index is -0.969. The molecule has 1 aromatic carbocycles. The molecule has 21 heavy (non-hydrogen) atoms. The minimum absolute atomic E-state index is 0.134. The lowest BCUT2D eigenvalue weighted by molar-refractivity contribution is -0.150. The summed E-state index contributed by atoms with van der Waals surface area (Å²) in [6.07, 6.45) is 2.02. The van der Waals surface area contributed by atoms with Crippen molar-refractivity contribution in [3.8, 4) is 0 Å². The van der Waals surface area contributed by atoms with Gasteiger partial charge in [0.15, 0.2) is 0 Å². The van der Waals surface area contributed by atoms with Gasteiger partial charge in [-0.15, -0.1) is 0 Å². The Morgan fingerprint density at radius 2 is 1.86 bits per heavy atom. The second kappa shape index (κ2) is 7.81. The van der Waals surface area contributed by atoms with E-state index in [1.807, 2.05) is 44.2 Å². The zero-order chi connectivity index (χ0) is 15.9. The van der Waals surface area contributed by atoms with Crippen LogP contribution < -0.4 is 5.32 Å². The summed E-state index contributed by atoms with van der Waals surface area (Å²) in [6, 6.07) is 9.61. The molecule has 0 spiro atoms. The molecule has 0 saturated carbocycles. The van der Waals surface area contributed by atoms with Crippen molar-refractivity contribution in [3.63, 3.8) is 0 Å². The van der Waals surface area contributed by atoms with E-state index >= 15 is 0 Å². The fraction of sp³-hybridized carbons (Fsp3) is 0.529. The van der Waals surface area contributed by atoms with E-state index in [9.17, 15) is 9.59 Å². The van der Waals surface area contributed by atoms with Crippen LogP contribution in [0.2, 0.25) is 0 Å². The molecule has 0 fully saturated rings. The first-order valence-corrected chi connectivity index (χ1v) is 7.43. The molecular formula is C17H25NO3. The number of carbonyl (C=O) groups is 2. The lowest BCUT2D eigenvalue weighted by atomic mass is 9.91. The van der Waals surface area contributed by atoms with E-state index < -0.39 is 11.5 Å². The van der Waals surface area contributed by atoms with Gasteiger partial charge in [-0.05, 0) is 25.3 Å². The van der Waals surface area contributed by atoms with Crippen LogP contribution in [0.15, 0.2) is 30.3 Å². The average Bonchev–Trinajstić information content (AvgIpc) is 2.48. The topological polar surface area (TPSA) is 55.4 Å². The van der Waals surface area contributed by atoms with Crippen LogP contribution in [0.5, 0.6) is 0 Å². The predicted octanol–water partition coefficient (Wildman–Crippen LogP) is 3.03. The first-order chi connectivity index (χ1) is 9.98. The number of esters is 1. The Morgan fingerprint density at radius 1 is 1.24 bits per heavy atom. The maximum atomic E-state index is 12.6. The number of amides is 1. The van der Waals surface area contributed by atoms with Gasteiger partial charge in [-0.3, -0.25) is 4.79 Å². The standard InChI is InChI=1S/C17H25NO3/c1-5-12-17(3,16(20)21-4)18-15(19)14(6-2)13-10-8-7-9-11-13/h7-11,14H,5-6,12H2,1-4H3,(H,18,19). The monoisotopic (exact) mass is 291 g/mol. The highest BCUT2D eigenvalue weighted by Gasteiger charge is 2.36. The van der Waals surface area contributed by atoms with Crippen molar-refractivity contribution in [2.24, 2.45) is 0 Å². The summed E-state index contributed by atoms with van der Waals surface area (Å²) in [5, 5.41) is 2.88. The van der Waals surface area contributed by atoms with Gasteiger partial charge in [-0.1, -0.05) is 50.6 Å². The van der Waals surface area contributed by atoms with E-state index in [0.717, 1.165) is 12.0 Å². The van der Waals surface area contributed by atoms with Crippen molar-refractivity contribution in [3.05, 3.63) is 35.9 Å². The van der Waals surface area contributed by atoms with Gasteiger partial charge in [0.1, 0.15) is 5.54 Å². The average molecular weight is 291 g/mol. The molecule has 0 aliphatic rings. The molecule has 0 aliphatic carbocycles. The summed E-state index contributed by atoms with van der Waals surface area (Å²) >= 11 is 0. The van der Waals surface area contributed by atoms with Crippen LogP contribution in [-0.2, 0) is 14.3 Å². The molecule has 0 heterocycles. The van der Waals surface area contributed by atoms with Crippen LogP contribution in [0.3, 0.4) is 0 Å². The summed E-state index contributed by atoms with van der Waals surface area (Å²) < 4.78 is 4.83. The number of hydrogen-bond donors (Lipinski definition) is 1. The maximum absolute atomic E-state index is 12.6. The Hall–Kier alpha value is -1.84. The van der Waals surface area contributed by atoms with E-state index in [1.165, 1.54) is 7.11 Å². The van der Waals surface area contributed by atoms with Gasteiger partial charge in [0.25, 0.3) is 0 Å². The molecule has 116 valence electrons. The molecule has 4 nitrogen and oxygen atoms in total. The third kappa shape index (κ3) is 4.31. The number of nitrogens with one attached hydrogen (secondary N) is 1. The number of benzene rings is 1. The molecule has 0 saturated heterocycles. The zero-order valence-electron chi connectivity index (χ0n) is 13.3. The van der Waals surface area contributed by atoms with Gasteiger partial charge in [0.05, 0.1) is 13.0 Å². The third-order valence-electron chi connectivity index (χ3n) is 3.71. The van der Waals surface area contributed by atoms with Gasteiger partial charge in [-0.2, -0.15) is 0 Å². The Morgan fingerprint density at radius 3 is 2.33 bits per heavy atom. The fourth-order valence-corrected chi connectivity index (χ4v) is 2.56. The van der Waals surface area contributed by atoms with Crippen LogP contribution in [0.25, 0.3) is 0 Å². The van der Waals surface area contributed by atoms with Crippen LogP contribution in [0.4, 0.5) is 0 Å². The highest BCUT2D eigenvalue weighted by Crippen LogP contribution is 2.22. The zero-order valence-corrected chi connectivity index (χ0v) is 13.3. The molecule has 0 bridgehead atoms. The number of methoxy groups -OCH3 is 1. The predicted molar refractivity (Wildman–Crippen MR) is 82.9 cm³/mol. The van der Waals surface area contributed by atoms with E-state index in [2.05, 4.69) is 5.32 Å². The minimum Gasteiger partial charge on any atom is -0.467 e. The molecule has 1 amide bonds. The quantitative estimate of drug-likeness (QED) is 0.786. The van der Waals surface area contributed by atoms with Crippen LogP contribution in [0.1, 0.15) is 51.5 Å². The second-order valence-corrected chi connectivity index (χ2v) is 5.43. The molecular weight excluding hydrogens is 266 g/mol. The summed E-state index contributed by atoms with van der Waals surface area (Å²) in [4.78, 5) is 24.5. The summed E-state index contributed by atoms with van der Waals surface area (Å²) in [5.41, 5.74) is -0.0100. The lowest BCUT2D eigenvalue weighted by Gasteiger charge is -2.29. The largest absolute Gasteiger partial charge is 0.467 e. The van der Waals surface area contributed by atoms with Gasteiger partial charge in [0.2, 0.25) is 5.91 Å². The van der Waals surface area contributed by atoms with Gasteiger partial charge >= 0.3 is 5.97 Å². The number of rotatable bonds is 7. The van der Waals surface area contributed by atoms with Crippen molar-refractivity contribution in [2.45, 2.75) is 51.5 Å². The Labute approximate surface area is 126 Å². The normalized spacial score (nSPS) is 14.9. The first kappa shape index (κ1) is 17.2. The van der Waals surface area contributed by atoms with Crippen molar-refractivity contribution in [2.75, 3.05) is 7.11 Å². The Bertz CT molecular complexity index is 472. The van der Waals surface area contributed by atoms with Crippen LogP contribution >= 0.6 is 0 Å². The molecule has 1 aromatic rings. The molecule has 0 aliphatic heterocycles.